The van der Waals surface area contributed by atoms with E-state index < -0.39 is 0 Å². The summed E-state index contributed by atoms with van der Waals surface area (Å²) < 4.78 is 1.13. The van der Waals surface area contributed by atoms with Gasteiger partial charge in [-0.05, 0) is 35.0 Å². The molecule has 0 aliphatic rings. The first kappa shape index (κ1) is 14.7. The summed E-state index contributed by atoms with van der Waals surface area (Å²) in [4.78, 5) is 14.9. The highest BCUT2D eigenvalue weighted by Gasteiger charge is 2.14. The first-order chi connectivity index (χ1) is 10.1. The van der Waals surface area contributed by atoms with E-state index in [0.29, 0.717) is 5.95 Å². The van der Waals surface area contributed by atoms with Gasteiger partial charge >= 0.3 is 0 Å². The van der Waals surface area contributed by atoms with E-state index in [4.69, 9.17) is 0 Å². The van der Waals surface area contributed by atoms with Gasteiger partial charge in [-0.3, -0.25) is 0 Å². The van der Waals surface area contributed by atoms with Gasteiger partial charge in [0.05, 0.1) is 11.9 Å². The molecule has 3 heterocycles. The largest absolute Gasteiger partial charge is 0.357 e. The van der Waals surface area contributed by atoms with Crippen LogP contribution >= 0.6 is 38.6 Å². The molecule has 3 aromatic rings. The molecule has 0 aromatic carbocycles. The van der Waals surface area contributed by atoms with Crippen LogP contribution in [-0.4, -0.2) is 24.1 Å². The number of thiophene rings is 2. The van der Waals surface area contributed by atoms with E-state index in [1.54, 1.807) is 22.7 Å². The SMILES string of the molecule is CNc1nc(N(C)Cc2cc(Br)cs2)c2cc(C)sc2n1. The zero-order valence-corrected chi connectivity index (χ0v) is 15.2. The number of nitrogens with one attached hydrogen (secondary N) is 1. The molecule has 7 heteroatoms. The van der Waals surface area contributed by atoms with Gasteiger partial charge in [-0.2, -0.15) is 4.98 Å². The Morgan fingerprint density at radius 2 is 2.14 bits per heavy atom. The van der Waals surface area contributed by atoms with Gasteiger partial charge in [0.2, 0.25) is 5.95 Å². The lowest BCUT2D eigenvalue weighted by Crippen LogP contribution is -2.18. The Labute approximate surface area is 140 Å². The van der Waals surface area contributed by atoms with Crippen molar-refractivity contribution in [3.05, 3.63) is 31.7 Å². The predicted molar refractivity (Wildman–Crippen MR) is 95.8 cm³/mol. The molecular weight excluding hydrogens is 368 g/mol. The highest BCUT2D eigenvalue weighted by molar-refractivity contribution is 9.10. The molecule has 3 rings (SSSR count). The third kappa shape index (κ3) is 3.04. The Kier molecular flexibility index (Phi) is 4.14. The molecule has 21 heavy (non-hydrogen) atoms. The number of halogens is 1. The average molecular weight is 383 g/mol. The molecular formula is C14H15BrN4S2. The molecule has 0 saturated carbocycles. The Morgan fingerprint density at radius 1 is 1.33 bits per heavy atom. The number of aryl methyl sites for hydroxylation is 1. The summed E-state index contributed by atoms with van der Waals surface area (Å²) in [6, 6.07) is 4.31. The number of hydrogen-bond donors (Lipinski definition) is 1. The zero-order chi connectivity index (χ0) is 15.0. The van der Waals surface area contributed by atoms with Gasteiger partial charge in [0.25, 0.3) is 0 Å². The Hall–Kier alpha value is -1.18. The number of fused-ring (bicyclic) bond motifs is 1. The Balaban J connectivity index is 2.01. The predicted octanol–water partition coefficient (Wildman–Crippen LogP) is 4.50. The van der Waals surface area contributed by atoms with Gasteiger partial charge < -0.3 is 10.2 Å². The summed E-state index contributed by atoms with van der Waals surface area (Å²) >= 11 is 6.95. The van der Waals surface area contributed by atoms with Crippen LogP contribution in [0.15, 0.2) is 22.0 Å². The quantitative estimate of drug-likeness (QED) is 0.720. The maximum atomic E-state index is 4.64. The number of hydrogen-bond acceptors (Lipinski definition) is 6. The van der Waals surface area contributed by atoms with Crippen molar-refractivity contribution in [2.75, 3.05) is 24.3 Å². The molecule has 0 fully saturated rings. The fraction of sp³-hybridized carbons (Fsp3) is 0.286. The standard InChI is InChI=1S/C14H15BrN4S2/c1-8-4-11-12(17-14(16-2)18-13(11)21-8)19(3)6-10-5-9(15)7-20-10/h4-5,7H,6H2,1-3H3,(H,16,17,18). The van der Waals surface area contributed by atoms with Gasteiger partial charge in [-0.25, -0.2) is 4.98 Å². The molecule has 0 radical (unpaired) electrons. The molecule has 110 valence electrons. The van der Waals surface area contributed by atoms with Crippen molar-refractivity contribution in [3.63, 3.8) is 0 Å². The van der Waals surface area contributed by atoms with Gasteiger partial charge in [0, 0.05) is 33.7 Å². The Bertz CT molecular complexity index is 780. The minimum atomic E-state index is 0.665. The van der Waals surface area contributed by atoms with E-state index in [1.807, 2.05) is 7.05 Å². The normalized spacial score (nSPS) is 11.0. The smallest absolute Gasteiger partial charge is 0.225 e. The summed E-state index contributed by atoms with van der Waals surface area (Å²) in [6.45, 7) is 2.94. The van der Waals surface area contributed by atoms with E-state index in [-0.39, 0.29) is 0 Å². The molecule has 0 spiro atoms. The highest BCUT2D eigenvalue weighted by Crippen LogP contribution is 2.32. The van der Waals surface area contributed by atoms with Crippen molar-refractivity contribution >= 4 is 60.6 Å². The van der Waals surface area contributed by atoms with Crippen LogP contribution in [0, 0.1) is 6.92 Å². The van der Waals surface area contributed by atoms with Crippen LogP contribution in [-0.2, 0) is 6.54 Å². The van der Waals surface area contributed by atoms with Crippen LogP contribution in [0.25, 0.3) is 10.2 Å². The van der Waals surface area contributed by atoms with Crippen LogP contribution < -0.4 is 10.2 Å². The lowest BCUT2D eigenvalue weighted by atomic mass is 10.3. The zero-order valence-electron chi connectivity index (χ0n) is 12.0. The maximum Gasteiger partial charge on any atom is 0.225 e. The van der Waals surface area contributed by atoms with Crippen LogP contribution in [0.5, 0.6) is 0 Å². The highest BCUT2D eigenvalue weighted by atomic mass is 79.9. The van der Waals surface area contributed by atoms with Crippen LogP contribution in [0.1, 0.15) is 9.75 Å². The van der Waals surface area contributed by atoms with Gasteiger partial charge in [-0.1, -0.05) is 0 Å². The summed E-state index contributed by atoms with van der Waals surface area (Å²) in [5, 5.41) is 6.27. The van der Waals surface area contributed by atoms with E-state index in [2.05, 4.69) is 67.6 Å². The molecule has 0 aliphatic carbocycles. The van der Waals surface area contributed by atoms with Crippen LogP contribution in [0.3, 0.4) is 0 Å². The number of aromatic nitrogens is 2. The molecule has 0 bridgehead atoms. The molecule has 0 atom stereocenters. The summed E-state index contributed by atoms with van der Waals surface area (Å²) in [5.74, 6) is 1.64. The first-order valence-corrected chi connectivity index (χ1v) is 8.95. The monoisotopic (exact) mass is 382 g/mol. The molecule has 0 aliphatic heterocycles. The molecule has 3 aromatic heterocycles. The second-order valence-electron chi connectivity index (χ2n) is 4.78. The van der Waals surface area contributed by atoms with Crippen molar-refractivity contribution in [1.29, 1.82) is 0 Å². The van der Waals surface area contributed by atoms with Crippen molar-refractivity contribution < 1.29 is 0 Å². The summed E-state index contributed by atoms with van der Waals surface area (Å²) in [5.41, 5.74) is 0. The molecule has 0 amide bonds. The number of anilines is 2. The average Bonchev–Trinajstić information content (AvgIpc) is 3.02. The van der Waals surface area contributed by atoms with E-state index >= 15 is 0 Å². The second-order valence-corrected chi connectivity index (χ2v) is 7.93. The second kappa shape index (κ2) is 5.90. The third-order valence-corrected chi connectivity index (χ3v) is 5.72. The van der Waals surface area contributed by atoms with Crippen molar-refractivity contribution in [2.24, 2.45) is 0 Å². The van der Waals surface area contributed by atoms with Gasteiger partial charge in [0.15, 0.2) is 0 Å². The number of rotatable bonds is 4. The van der Waals surface area contributed by atoms with E-state index in [9.17, 15) is 0 Å². The first-order valence-electron chi connectivity index (χ1n) is 6.47. The Morgan fingerprint density at radius 3 is 2.81 bits per heavy atom. The van der Waals surface area contributed by atoms with E-state index in [1.165, 1.54) is 9.75 Å². The van der Waals surface area contributed by atoms with Crippen molar-refractivity contribution in [3.8, 4) is 0 Å². The van der Waals surface area contributed by atoms with Gasteiger partial charge in [-0.15, -0.1) is 22.7 Å². The summed E-state index contributed by atoms with van der Waals surface area (Å²) in [7, 11) is 3.92. The van der Waals surface area contributed by atoms with Gasteiger partial charge in [0.1, 0.15) is 10.6 Å². The minimum Gasteiger partial charge on any atom is -0.357 e. The van der Waals surface area contributed by atoms with Crippen LogP contribution in [0.4, 0.5) is 11.8 Å². The van der Waals surface area contributed by atoms with Crippen molar-refractivity contribution in [1.82, 2.24) is 9.97 Å². The van der Waals surface area contributed by atoms with Crippen LogP contribution in [0.2, 0.25) is 0 Å². The minimum absolute atomic E-state index is 0.665. The van der Waals surface area contributed by atoms with Crippen molar-refractivity contribution in [2.45, 2.75) is 13.5 Å². The molecule has 0 saturated heterocycles. The maximum absolute atomic E-state index is 4.64. The fourth-order valence-corrected chi connectivity index (χ4v) is 4.55. The topological polar surface area (TPSA) is 41.1 Å². The molecule has 0 unspecified atom stereocenters. The fourth-order valence-electron chi connectivity index (χ4n) is 2.18. The molecule has 4 nitrogen and oxygen atoms in total. The number of nitrogens with zero attached hydrogens (tertiary/aromatic N) is 3. The lowest BCUT2D eigenvalue weighted by Gasteiger charge is -2.18. The molecule has 1 N–H and O–H groups in total. The lowest BCUT2D eigenvalue weighted by molar-refractivity contribution is 0.916. The van der Waals surface area contributed by atoms with E-state index in [0.717, 1.165) is 27.1 Å². The summed E-state index contributed by atoms with van der Waals surface area (Å²) in [6.07, 6.45) is 0. The third-order valence-electron chi connectivity index (χ3n) is 3.10.